The Morgan fingerprint density at radius 2 is 1.22 bits per heavy atom. The summed E-state index contributed by atoms with van der Waals surface area (Å²) in [5.41, 5.74) is 1.65. The molecule has 0 fully saturated rings. The highest BCUT2D eigenvalue weighted by Gasteiger charge is 2.33. The smallest absolute Gasteiger partial charge is 0.408 e. The molecule has 0 aromatic heterocycles. The summed E-state index contributed by atoms with van der Waals surface area (Å²) >= 11 is 0. The summed E-state index contributed by atoms with van der Waals surface area (Å²) < 4.78 is 16.0. The Morgan fingerprint density at radius 3 is 1.74 bits per heavy atom. The molecule has 3 amide bonds. The van der Waals surface area contributed by atoms with Crippen molar-refractivity contribution in [1.82, 2.24) is 16.0 Å². The molecule has 0 aliphatic carbocycles. The zero-order valence-electron chi connectivity index (χ0n) is 26.8. The van der Waals surface area contributed by atoms with Gasteiger partial charge in [0.25, 0.3) is 0 Å². The number of carbonyl (C=O) groups is 4. The molecule has 0 unspecified atom stereocenters. The molecular formula is C35H43N3O8. The summed E-state index contributed by atoms with van der Waals surface area (Å²) in [6.07, 6.45) is -1.93. The number of ether oxygens (including phenoxy) is 3. The van der Waals surface area contributed by atoms with Crippen LogP contribution in [0, 0.1) is 0 Å². The van der Waals surface area contributed by atoms with E-state index in [0.717, 1.165) is 18.2 Å². The van der Waals surface area contributed by atoms with Gasteiger partial charge in [-0.3, -0.25) is 9.59 Å². The molecule has 0 saturated heterocycles. The second-order valence-electron chi connectivity index (χ2n) is 11.8. The van der Waals surface area contributed by atoms with Gasteiger partial charge in [0.15, 0.2) is 6.04 Å². The van der Waals surface area contributed by atoms with Gasteiger partial charge in [0, 0.05) is 12.8 Å². The van der Waals surface area contributed by atoms with Gasteiger partial charge in [-0.15, -0.1) is 0 Å². The van der Waals surface area contributed by atoms with E-state index in [9.17, 15) is 24.3 Å². The number of rotatable bonds is 14. The Bertz CT molecular complexity index is 1420. The van der Waals surface area contributed by atoms with Crippen LogP contribution in [0.25, 0.3) is 0 Å². The maximum atomic E-state index is 13.7. The highest BCUT2D eigenvalue weighted by Crippen LogP contribution is 2.16. The van der Waals surface area contributed by atoms with Crippen molar-refractivity contribution in [3.8, 4) is 5.75 Å². The molecule has 4 atom stereocenters. The van der Waals surface area contributed by atoms with Gasteiger partial charge in [-0.2, -0.15) is 0 Å². The van der Waals surface area contributed by atoms with Gasteiger partial charge in [-0.25, -0.2) is 9.59 Å². The van der Waals surface area contributed by atoms with Crippen LogP contribution in [-0.2, 0) is 43.3 Å². The van der Waals surface area contributed by atoms with E-state index in [1.807, 2.05) is 60.7 Å². The molecule has 4 N–H and O–H groups in total. The van der Waals surface area contributed by atoms with E-state index < -0.39 is 53.7 Å². The third-order valence-corrected chi connectivity index (χ3v) is 6.77. The first kappa shape index (κ1) is 35.6. The number of alkyl carbamates (subject to hydrolysis) is 1. The van der Waals surface area contributed by atoms with E-state index in [-0.39, 0.29) is 12.8 Å². The third-order valence-electron chi connectivity index (χ3n) is 6.77. The molecule has 0 aliphatic heterocycles. The van der Waals surface area contributed by atoms with Crippen molar-refractivity contribution in [2.45, 2.75) is 77.0 Å². The number of nitrogens with one attached hydrogen (secondary N) is 3. The third kappa shape index (κ3) is 11.9. The van der Waals surface area contributed by atoms with E-state index in [1.54, 1.807) is 45.0 Å². The molecule has 0 heterocycles. The number of esters is 1. The summed E-state index contributed by atoms with van der Waals surface area (Å²) in [4.78, 5) is 52.2. The molecular weight excluding hydrogens is 590 g/mol. The van der Waals surface area contributed by atoms with E-state index in [1.165, 1.54) is 6.92 Å². The van der Waals surface area contributed by atoms with Gasteiger partial charge in [-0.1, -0.05) is 72.8 Å². The lowest BCUT2D eigenvalue weighted by Gasteiger charge is -2.27. The van der Waals surface area contributed by atoms with Crippen LogP contribution in [0.2, 0.25) is 0 Å². The molecule has 46 heavy (non-hydrogen) atoms. The average Bonchev–Trinajstić information content (AvgIpc) is 3.02. The Kier molecular flexibility index (Phi) is 13.1. The fourth-order valence-corrected chi connectivity index (χ4v) is 4.45. The fourth-order valence-electron chi connectivity index (χ4n) is 4.45. The average molecular weight is 634 g/mol. The van der Waals surface area contributed by atoms with Gasteiger partial charge in [-0.05, 0) is 56.5 Å². The second-order valence-corrected chi connectivity index (χ2v) is 11.8. The quantitative estimate of drug-likeness (QED) is 0.197. The lowest BCUT2D eigenvalue weighted by Crippen LogP contribution is -2.58. The van der Waals surface area contributed by atoms with E-state index in [2.05, 4.69) is 16.0 Å². The number of amides is 3. The molecule has 11 nitrogen and oxygen atoms in total. The van der Waals surface area contributed by atoms with Crippen LogP contribution >= 0.6 is 0 Å². The minimum Gasteiger partial charge on any atom is -0.489 e. The molecule has 246 valence electrons. The first-order valence-electron chi connectivity index (χ1n) is 15.0. The fraction of sp³-hybridized carbons (Fsp3) is 0.371. The first-order valence-corrected chi connectivity index (χ1v) is 15.0. The number of methoxy groups -OCH3 is 1. The number of carbonyl (C=O) groups excluding carboxylic acids is 4. The van der Waals surface area contributed by atoms with Crippen LogP contribution in [-0.4, -0.2) is 65.9 Å². The van der Waals surface area contributed by atoms with Gasteiger partial charge in [0.1, 0.15) is 30.0 Å². The second kappa shape index (κ2) is 17.0. The molecule has 3 aromatic rings. The summed E-state index contributed by atoms with van der Waals surface area (Å²) in [7, 11) is 1.14. The Hall–Kier alpha value is -4.90. The van der Waals surface area contributed by atoms with E-state index >= 15 is 0 Å². The van der Waals surface area contributed by atoms with Crippen LogP contribution in [0.15, 0.2) is 84.9 Å². The van der Waals surface area contributed by atoms with Crippen molar-refractivity contribution in [1.29, 1.82) is 0 Å². The molecule has 11 heteroatoms. The lowest BCUT2D eigenvalue weighted by molar-refractivity contribution is -0.148. The zero-order valence-corrected chi connectivity index (χ0v) is 26.8. The SMILES string of the molecule is COC(=O)[C@H](NC(=O)[C@H](Cc1ccc(OCc2ccccc2)cc1)NC(=O)[C@H](Cc1ccccc1)NC(=O)OC(C)(C)C)[C@@H](C)O. The molecule has 3 aromatic carbocycles. The Balaban J connectivity index is 1.83. The van der Waals surface area contributed by atoms with Crippen LogP contribution in [0.4, 0.5) is 4.79 Å². The number of hydrogen-bond donors (Lipinski definition) is 4. The molecule has 0 saturated carbocycles. The first-order chi connectivity index (χ1) is 21.8. The standard InChI is InChI=1S/C35H43N3O8/c1-23(39)30(33(42)44-5)38-32(41)28(21-25-16-18-27(19-17-25)45-22-26-14-10-7-11-15-26)36-31(40)29(20-24-12-8-6-9-13-24)37-34(43)46-35(2,3)4/h6-19,23,28-30,39H,20-22H2,1-5H3,(H,36,40)(H,37,43)(H,38,41)/t23-,28+,29+,30-/m1/s1. The molecule has 0 aliphatic rings. The highest BCUT2D eigenvalue weighted by molar-refractivity contribution is 5.93. The van der Waals surface area contributed by atoms with Crippen molar-refractivity contribution < 1.29 is 38.5 Å². The van der Waals surface area contributed by atoms with Gasteiger partial charge in [0.05, 0.1) is 13.2 Å². The molecule has 0 spiro atoms. The lowest BCUT2D eigenvalue weighted by atomic mass is 10.0. The summed E-state index contributed by atoms with van der Waals surface area (Å²) in [6, 6.07) is 22.1. The normalized spacial score (nSPS) is 13.7. The summed E-state index contributed by atoms with van der Waals surface area (Å²) in [5.74, 6) is -1.61. The summed E-state index contributed by atoms with van der Waals surface area (Å²) in [5, 5.41) is 18.0. The van der Waals surface area contributed by atoms with E-state index in [0.29, 0.717) is 17.9 Å². The number of hydrogen-bond acceptors (Lipinski definition) is 8. The monoisotopic (exact) mass is 633 g/mol. The van der Waals surface area contributed by atoms with Gasteiger partial charge in [0.2, 0.25) is 11.8 Å². The number of aliphatic hydroxyl groups is 1. The van der Waals surface area contributed by atoms with Crippen LogP contribution in [0.5, 0.6) is 5.75 Å². The Labute approximate surface area is 269 Å². The van der Waals surface area contributed by atoms with E-state index in [4.69, 9.17) is 14.2 Å². The minimum atomic E-state index is -1.37. The molecule has 0 radical (unpaired) electrons. The van der Waals surface area contributed by atoms with Gasteiger partial charge < -0.3 is 35.3 Å². The predicted molar refractivity (Wildman–Crippen MR) is 172 cm³/mol. The summed E-state index contributed by atoms with van der Waals surface area (Å²) in [6.45, 7) is 6.83. The number of benzene rings is 3. The molecule has 3 rings (SSSR count). The predicted octanol–water partition coefficient (Wildman–Crippen LogP) is 3.47. The van der Waals surface area contributed by atoms with Crippen molar-refractivity contribution in [2.75, 3.05) is 7.11 Å². The number of aliphatic hydroxyl groups excluding tert-OH is 1. The topological polar surface area (TPSA) is 152 Å². The zero-order chi connectivity index (χ0) is 33.7. The van der Waals surface area contributed by atoms with Crippen molar-refractivity contribution in [2.24, 2.45) is 0 Å². The molecule has 0 bridgehead atoms. The minimum absolute atomic E-state index is 0.0226. The van der Waals surface area contributed by atoms with Crippen molar-refractivity contribution in [3.05, 3.63) is 102 Å². The van der Waals surface area contributed by atoms with Crippen LogP contribution in [0.1, 0.15) is 44.4 Å². The van der Waals surface area contributed by atoms with Crippen LogP contribution in [0.3, 0.4) is 0 Å². The maximum Gasteiger partial charge on any atom is 0.408 e. The maximum absolute atomic E-state index is 13.7. The van der Waals surface area contributed by atoms with Crippen molar-refractivity contribution in [3.63, 3.8) is 0 Å². The van der Waals surface area contributed by atoms with Crippen LogP contribution < -0.4 is 20.7 Å². The Morgan fingerprint density at radius 1 is 0.717 bits per heavy atom. The van der Waals surface area contributed by atoms with Gasteiger partial charge >= 0.3 is 12.1 Å². The largest absolute Gasteiger partial charge is 0.489 e. The van der Waals surface area contributed by atoms with Crippen molar-refractivity contribution >= 4 is 23.9 Å². The highest BCUT2D eigenvalue weighted by atomic mass is 16.6.